The minimum atomic E-state index is -2.91. The minimum Gasteiger partial charge on any atom is -0.311 e. The lowest BCUT2D eigenvalue weighted by atomic mass is 10.3. The Labute approximate surface area is 102 Å². The molecule has 92 valence electrons. The second-order valence-electron chi connectivity index (χ2n) is 4.12. The topological polar surface area (TPSA) is 46.2 Å². The van der Waals surface area contributed by atoms with Gasteiger partial charge in [0.05, 0.1) is 11.0 Å². The molecule has 1 rings (SSSR count). The van der Waals surface area contributed by atoms with E-state index < -0.39 is 9.84 Å². The maximum absolute atomic E-state index is 11.5. The maximum Gasteiger partial charge on any atom is 0.153 e. The van der Waals surface area contributed by atoms with Crippen LogP contribution in [0.25, 0.3) is 0 Å². The Morgan fingerprint density at radius 3 is 2.62 bits per heavy atom. The summed E-state index contributed by atoms with van der Waals surface area (Å²) in [7, 11) is -2.91. The molecule has 3 nitrogen and oxygen atoms in total. The molecule has 0 atom stereocenters. The SMILES string of the molecule is Cc1ccsc1CNCCS(=O)(=O)C(C)C. The zero-order chi connectivity index (χ0) is 12.2. The third-order valence-corrected chi connectivity index (χ3v) is 5.77. The predicted octanol–water partition coefficient (Wildman–Crippen LogP) is 1.97. The highest BCUT2D eigenvalue weighted by Gasteiger charge is 2.14. The van der Waals surface area contributed by atoms with Crippen LogP contribution in [-0.4, -0.2) is 26.0 Å². The van der Waals surface area contributed by atoms with Crippen molar-refractivity contribution in [3.05, 3.63) is 21.9 Å². The van der Waals surface area contributed by atoms with Crippen LogP contribution in [-0.2, 0) is 16.4 Å². The predicted molar refractivity (Wildman–Crippen MR) is 69.7 cm³/mol. The van der Waals surface area contributed by atoms with Crippen LogP contribution in [0.5, 0.6) is 0 Å². The Hall–Kier alpha value is -0.390. The fraction of sp³-hybridized carbons (Fsp3) is 0.636. The summed E-state index contributed by atoms with van der Waals surface area (Å²) in [5, 5.41) is 4.94. The first-order valence-electron chi connectivity index (χ1n) is 5.38. The van der Waals surface area contributed by atoms with Gasteiger partial charge in [-0.05, 0) is 37.8 Å². The Bertz CT molecular complexity index is 421. The molecule has 0 aromatic carbocycles. The highest BCUT2D eigenvalue weighted by Crippen LogP contribution is 2.14. The number of rotatable bonds is 6. The summed E-state index contributed by atoms with van der Waals surface area (Å²) in [6.45, 7) is 6.80. The molecule has 0 aliphatic rings. The number of hydrogen-bond donors (Lipinski definition) is 1. The molecule has 0 aliphatic heterocycles. The summed E-state index contributed by atoms with van der Waals surface area (Å²) in [5.74, 6) is 0.217. The van der Waals surface area contributed by atoms with Gasteiger partial charge in [-0.1, -0.05) is 0 Å². The lowest BCUT2D eigenvalue weighted by Gasteiger charge is -2.08. The number of sulfone groups is 1. The van der Waals surface area contributed by atoms with Crippen LogP contribution >= 0.6 is 11.3 Å². The summed E-state index contributed by atoms with van der Waals surface area (Å²) >= 11 is 1.70. The first-order valence-corrected chi connectivity index (χ1v) is 7.98. The van der Waals surface area contributed by atoms with Crippen molar-refractivity contribution in [3.8, 4) is 0 Å². The molecule has 0 radical (unpaired) electrons. The molecular weight excluding hydrogens is 242 g/mol. The van der Waals surface area contributed by atoms with Crippen molar-refractivity contribution in [2.45, 2.75) is 32.6 Å². The molecule has 16 heavy (non-hydrogen) atoms. The van der Waals surface area contributed by atoms with E-state index in [-0.39, 0.29) is 11.0 Å². The van der Waals surface area contributed by atoms with Crippen molar-refractivity contribution >= 4 is 21.2 Å². The normalized spacial score (nSPS) is 12.2. The van der Waals surface area contributed by atoms with Crippen LogP contribution in [0.1, 0.15) is 24.3 Å². The Kier molecular flexibility index (Phi) is 4.95. The number of thiophene rings is 1. The number of hydrogen-bond acceptors (Lipinski definition) is 4. The molecule has 1 N–H and O–H groups in total. The van der Waals surface area contributed by atoms with Crippen LogP contribution in [0.4, 0.5) is 0 Å². The van der Waals surface area contributed by atoms with Crippen molar-refractivity contribution in [1.29, 1.82) is 0 Å². The Balaban J connectivity index is 2.30. The van der Waals surface area contributed by atoms with Gasteiger partial charge in [0.2, 0.25) is 0 Å². The summed E-state index contributed by atoms with van der Waals surface area (Å²) < 4.78 is 23.0. The molecule has 5 heteroatoms. The van der Waals surface area contributed by atoms with Gasteiger partial charge in [-0.2, -0.15) is 0 Å². The highest BCUT2D eigenvalue weighted by molar-refractivity contribution is 7.92. The summed E-state index contributed by atoms with van der Waals surface area (Å²) in [4.78, 5) is 1.28. The maximum atomic E-state index is 11.5. The first kappa shape index (κ1) is 13.7. The van der Waals surface area contributed by atoms with Gasteiger partial charge in [0, 0.05) is 18.0 Å². The minimum absolute atomic E-state index is 0.217. The van der Waals surface area contributed by atoms with E-state index in [1.807, 2.05) is 0 Å². The van der Waals surface area contributed by atoms with Gasteiger partial charge < -0.3 is 5.32 Å². The Morgan fingerprint density at radius 1 is 1.44 bits per heavy atom. The van der Waals surface area contributed by atoms with Crippen LogP contribution in [0, 0.1) is 6.92 Å². The van der Waals surface area contributed by atoms with Gasteiger partial charge in [-0.15, -0.1) is 11.3 Å². The molecule has 0 saturated heterocycles. The lowest BCUT2D eigenvalue weighted by Crippen LogP contribution is -2.26. The second kappa shape index (κ2) is 5.80. The van der Waals surface area contributed by atoms with E-state index in [0.29, 0.717) is 6.54 Å². The zero-order valence-corrected chi connectivity index (χ0v) is 11.6. The van der Waals surface area contributed by atoms with Gasteiger partial charge in [0.25, 0.3) is 0 Å². The van der Waals surface area contributed by atoms with Crippen molar-refractivity contribution in [3.63, 3.8) is 0 Å². The number of aryl methyl sites for hydroxylation is 1. The van der Waals surface area contributed by atoms with E-state index in [1.54, 1.807) is 25.2 Å². The summed E-state index contributed by atoms with van der Waals surface area (Å²) in [5.41, 5.74) is 1.27. The molecule has 0 spiro atoms. The Morgan fingerprint density at radius 2 is 2.12 bits per heavy atom. The standard InChI is InChI=1S/C11H19NO2S2/c1-9(2)16(13,14)7-5-12-8-11-10(3)4-6-15-11/h4,6,9,12H,5,7-8H2,1-3H3. The van der Waals surface area contributed by atoms with Gasteiger partial charge in [-0.3, -0.25) is 0 Å². The van der Waals surface area contributed by atoms with Crippen LogP contribution in [0.15, 0.2) is 11.4 Å². The second-order valence-corrected chi connectivity index (χ2v) is 7.80. The first-order chi connectivity index (χ1) is 7.43. The smallest absolute Gasteiger partial charge is 0.153 e. The van der Waals surface area contributed by atoms with E-state index in [0.717, 1.165) is 6.54 Å². The van der Waals surface area contributed by atoms with E-state index in [2.05, 4.69) is 23.7 Å². The van der Waals surface area contributed by atoms with Gasteiger partial charge in [-0.25, -0.2) is 8.42 Å². The average Bonchev–Trinajstić information content (AvgIpc) is 2.59. The van der Waals surface area contributed by atoms with Crippen molar-refractivity contribution in [2.75, 3.05) is 12.3 Å². The molecule has 0 amide bonds. The molecule has 0 saturated carbocycles. The van der Waals surface area contributed by atoms with Crippen LogP contribution < -0.4 is 5.32 Å². The molecule has 0 unspecified atom stereocenters. The quantitative estimate of drug-likeness (QED) is 0.796. The molecule has 0 aliphatic carbocycles. The third kappa shape index (κ3) is 3.88. The van der Waals surface area contributed by atoms with Crippen molar-refractivity contribution in [1.82, 2.24) is 5.32 Å². The van der Waals surface area contributed by atoms with Gasteiger partial charge in [0.1, 0.15) is 0 Å². The molecule has 0 bridgehead atoms. The molecule has 0 fully saturated rings. The molecule has 1 aromatic heterocycles. The van der Waals surface area contributed by atoms with E-state index >= 15 is 0 Å². The third-order valence-electron chi connectivity index (χ3n) is 2.54. The van der Waals surface area contributed by atoms with Crippen LogP contribution in [0.2, 0.25) is 0 Å². The lowest BCUT2D eigenvalue weighted by molar-refractivity contribution is 0.582. The summed E-state index contributed by atoms with van der Waals surface area (Å²) in [6, 6.07) is 2.08. The largest absolute Gasteiger partial charge is 0.311 e. The average molecular weight is 261 g/mol. The van der Waals surface area contributed by atoms with Gasteiger partial charge >= 0.3 is 0 Å². The van der Waals surface area contributed by atoms with E-state index in [9.17, 15) is 8.42 Å². The molecule has 1 heterocycles. The van der Waals surface area contributed by atoms with Crippen LogP contribution in [0.3, 0.4) is 0 Å². The fourth-order valence-corrected chi connectivity index (χ4v) is 3.01. The van der Waals surface area contributed by atoms with E-state index in [4.69, 9.17) is 0 Å². The monoisotopic (exact) mass is 261 g/mol. The highest BCUT2D eigenvalue weighted by atomic mass is 32.2. The molecular formula is C11H19NO2S2. The van der Waals surface area contributed by atoms with E-state index in [1.165, 1.54) is 10.4 Å². The van der Waals surface area contributed by atoms with Gasteiger partial charge in [0.15, 0.2) is 9.84 Å². The molecule has 1 aromatic rings. The number of nitrogens with one attached hydrogen (secondary N) is 1. The fourth-order valence-electron chi connectivity index (χ4n) is 1.24. The van der Waals surface area contributed by atoms with Crippen molar-refractivity contribution in [2.24, 2.45) is 0 Å². The zero-order valence-electron chi connectivity index (χ0n) is 9.99. The van der Waals surface area contributed by atoms with Crippen molar-refractivity contribution < 1.29 is 8.42 Å². The summed E-state index contributed by atoms with van der Waals surface area (Å²) in [6.07, 6.45) is 0.